The summed E-state index contributed by atoms with van der Waals surface area (Å²) < 4.78 is 0. The lowest BCUT2D eigenvalue weighted by Gasteiger charge is -2.23. The Morgan fingerprint density at radius 3 is 2.28 bits per heavy atom. The van der Waals surface area contributed by atoms with E-state index in [0.717, 1.165) is 25.7 Å². The van der Waals surface area contributed by atoms with Crippen molar-refractivity contribution in [2.75, 3.05) is 11.9 Å². The first-order valence-corrected chi connectivity index (χ1v) is 10.2. The van der Waals surface area contributed by atoms with Gasteiger partial charge in [0.05, 0.1) is 11.3 Å². The van der Waals surface area contributed by atoms with Crippen molar-refractivity contribution in [3.8, 4) is 0 Å². The molecular formula is C23H27N3O3. The Morgan fingerprint density at radius 2 is 1.52 bits per heavy atom. The number of carbonyl (C=O) groups is 3. The molecule has 0 atom stereocenters. The molecule has 3 N–H and O–H groups in total. The van der Waals surface area contributed by atoms with Crippen LogP contribution in [0.5, 0.6) is 0 Å². The molecule has 3 rings (SSSR count). The van der Waals surface area contributed by atoms with Gasteiger partial charge in [0.15, 0.2) is 0 Å². The van der Waals surface area contributed by atoms with Gasteiger partial charge in [0.1, 0.15) is 0 Å². The van der Waals surface area contributed by atoms with Gasteiger partial charge >= 0.3 is 0 Å². The second kappa shape index (κ2) is 10.4. The van der Waals surface area contributed by atoms with Gasteiger partial charge in [-0.15, -0.1) is 0 Å². The Balaban J connectivity index is 1.51. The van der Waals surface area contributed by atoms with Gasteiger partial charge in [-0.25, -0.2) is 0 Å². The molecule has 29 heavy (non-hydrogen) atoms. The number of nitrogens with one attached hydrogen (secondary N) is 3. The molecule has 0 bridgehead atoms. The molecule has 2 aromatic carbocycles. The fourth-order valence-electron chi connectivity index (χ4n) is 3.49. The number of para-hydroxylation sites is 1. The van der Waals surface area contributed by atoms with Crippen LogP contribution in [0.1, 0.15) is 59.2 Å². The number of anilines is 1. The Bertz CT molecular complexity index is 845. The Kier molecular flexibility index (Phi) is 7.39. The molecule has 1 saturated carbocycles. The number of hydrogen-bond acceptors (Lipinski definition) is 3. The third-order valence-corrected chi connectivity index (χ3v) is 5.06. The van der Waals surface area contributed by atoms with Crippen molar-refractivity contribution in [3.63, 3.8) is 0 Å². The monoisotopic (exact) mass is 393 g/mol. The minimum absolute atomic E-state index is 0.122. The zero-order chi connectivity index (χ0) is 20.5. The van der Waals surface area contributed by atoms with Gasteiger partial charge in [0.25, 0.3) is 11.8 Å². The van der Waals surface area contributed by atoms with Gasteiger partial charge in [0.2, 0.25) is 5.91 Å². The Labute approximate surface area is 171 Å². The van der Waals surface area contributed by atoms with Crippen LogP contribution in [-0.2, 0) is 4.79 Å². The van der Waals surface area contributed by atoms with Gasteiger partial charge in [-0.3, -0.25) is 14.4 Å². The topological polar surface area (TPSA) is 87.3 Å². The van der Waals surface area contributed by atoms with Gasteiger partial charge in [0, 0.05) is 24.6 Å². The van der Waals surface area contributed by atoms with Gasteiger partial charge in [-0.1, -0.05) is 49.6 Å². The van der Waals surface area contributed by atoms with E-state index in [-0.39, 0.29) is 36.7 Å². The second-order valence-electron chi connectivity index (χ2n) is 7.27. The second-order valence-corrected chi connectivity index (χ2v) is 7.27. The molecule has 0 unspecified atom stereocenters. The summed E-state index contributed by atoms with van der Waals surface area (Å²) in [4.78, 5) is 37.0. The summed E-state index contributed by atoms with van der Waals surface area (Å²) >= 11 is 0. The van der Waals surface area contributed by atoms with Gasteiger partial charge in [-0.05, 0) is 37.1 Å². The molecule has 1 aliphatic rings. The molecule has 0 heterocycles. The lowest BCUT2D eigenvalue weighted by atomic mass is 9.95. The molecule has 1 fully saturated rings. The molecule has 0 aromatic heterocycles. The molecule has 6 heteroatoms. The molecule has 2 aromatic rings. The molecule has 0 spiro atoms. The van der Waals surface area contributed by atoms with E-state index >= 15 is 0 Å². The van der Waals surface area contributed by atoms with Crippen molar-refractivity contribution >= 4 is 23.4 Å². The zero-order valence-corrected chi connectivity index (χ0v) is 16.4. The predicted octanol–water partition coefficient (Wildman–Crippen LogP) is 3.51. The quantitative estimate of drug-likeness (QED) is 0.673. The summed E-state index contributed by atoms with van der Waals surface area (Å²) in [7, 11) is 0. The number of amides is 3. The molecule has 1 aliphatic carbocycles. The normalized spacial score (nSPS) is 14.1. The third kappa shape index (κ3) is 6.17. The molecule has 152 valence electrons. The van der Waals surface area contributed by atoms with Crippen molar-refractivity contribution in [1.29, 1.82) is 0 Å². The van der Waals surface area contributed by atoms with Crippen molar-refractivity contribution in [2.45, 2.75) is 44.6 Å². The molecule has 0 saturated heterocycles. The van der Waals surface area contributed by atoms with E-state index in [4.69, 9.17) is 0 Å². The molecule has 3 amide bonds. The van der Waals surface area contributed by atoms with Crippen LogP contribution in [0.4, 0.5) is 5.69 Å². The van der Waals surface area contributed by atoms with Crippen LogP contribution in [0.3, 0.4) is 0 Å². The maximum atomic E-state index is 12.7. The van der Waals surface area contributed by atoms with Crippen LogP contribution in [0.2, 0.25) is 0 Å². The van der Waals surface area contributed by atoms with Crippen LogP contribution in [0, 0.1) is 0 Å². The minimum atomic E-state index is -0.253. The first-order chi connectivity index (χ1) is 14.1. The van der Waals surface area contributed by atoms with Crippen LogP contribution in [0.25, 0.3) is 0 Å². The predicted molar refractivity (Wildman–Crippen MR) is 113 cm³/mol. The largest absolute Gasteiger partial charge is 0.352 e. The van der Waals surface area contributed by atoms with E-state index in [9.17, 15) is 14.4 Å². The summed E-state index contributed by atoms with van der Waals surface area (Å²) in [5.41, 5.74) is 1.50. The molecular weight excluding hydrogens is 366 g/mol. The smallest absolute Gasteiger partial charge is 0.253 e. The van der Waals surface area contributed by atoms with Crippen molar-refractivity contribution < 1.29 is 14.4 Å². The lowest BCUT2D eigenvalue weighted by Crippen LogP contribution is -2.36. The minimum Gasteiger partial charge on any atom is -0.352 e. The summed E-state index contributed by atoms with van der Waals surface area (Å²) in [6.07, 6.45) is 5.62. The van der Waals surface area contributed by atoms with Crippen molar-refractivity contribution in [3.05, 3.63) is 65.7 Å². The highest BCUT2D eigenvalue weighted by molar-refractivity contribution is 6.04. The van der Waals surface area contributed by atoms with Crippen molar-refractivity contribution in [1.82, 2.24) is 10.6 Å². The van der Waals surface area contributed by atoms with E-state index in [1.807, 2.05) is 6.07 Å². The number of hydrogen-bond donors (Lipinski definition) is 3. The number of rotatable bonds is 7. The van der Waals surface area contributed by atoms with E-state index in [1.165, 1.54) is 6.42 Å². The zero-order valence-electron chi connectivity index (χ0n) is 16.4. The maximum absolute atomic E-state index is 12.7. The Hall–Kier alpha value is -3.15. The summed E-state index contributed by atoms with van der Waals surface area (Å²) in [6.45, 7) is 0.218. The first kappa shape index (κ1) is 20.6. The van der Waals surface area contributed by atoms with Crippen molar-refractivity contribution in [2.24, 2.45) is 0 Å². The number of benzene rings is 2. The average molecular weight is 393 g/mol. The summed E-state index contributed by atoms with van der Waals surface area (Å²) in [6, 6.07) is 16.1. The molecule has 6 nitrogen and oxygen atoms in total. The highest BCUT2D eigenvalue weighted by atomic mass is 16.2. The van der Waals surface area contributed by atoms with E-state index in [0.29, 0.717) is 16.8 Å². The molecule has 0 aliphatic heterocycles. The third-order valence-electron chi connectivity index (χ3n) is 5.06. The lowest BCUT2D eigenvalue weighted by molar-refractivity contribution is -0.116. The fraction of sp³-hybridized carbons (Fsp3) is 0.348. The van der Waals surface area contributed by atoms with E-state index < -0.39 is 0 Å². The highest BCUT2D eigenvalue weighted by Gasteiger charge is 2.19. The van der Waals surface area contributed by atoms with Gasteiger partial charge in [-0.2, -0.15) is 0 Å². The van der Waals surface area contributed by atoms with Crippen LogP contribution in [0.15, 0.2) is 54.6 Å². The number of carbonyl (C=O) groups excluding carboxylic acids is 3. The summed E-state index contributed by atoms with van der Waals surface area (Å²) in [5.74, 6) is -0.632. The molecule has 0 radical (unpaired) electrons. The standard InChI is InChI=1S/C23H27N3O3/c27-21(15-16-24-22(28)17-9-3-1-4-10-17)26-20-14-8-7-13-19(20)23(29)25-18-11-5-2-6-12-18/h1,3-4,7-10,13-14,18H,2,5-6,11-12,15-16H2,(H,24,28)(H,25,29)(H,26,27). The van der Waals surface area contributed by atoms with Crippen LogP contribution in [-0.4, -0.2) is 30.3 Å². The van der Waals surface area contributed by atoms with E-state index in [1.54, 1.807) is 48.5 Å². The Morgan fingerprint density at radius 1 is 0.828 bits per heavy atom. The average Bonchev–Trinajstić information content (AvgIpc) is 2.75. The van der Waals surface area contributed by atoms with Crippen LogP contribution >= 0.6 is 0 Å². The van der Waals surface area contributed by atoms with E-state index in [2.05, 4.69) is 16.0 Å². The first-order valence-electron chi connectivity index (χ1n) is 10.2. The SMILES string of the molecule is O=C(CCNC(=O)c1ccccc1)Nc1ccccc1C(=O)NC1CCCCC1. The fourth-order valence-corrected chi connectivity index (χ4v) is 3.49. The van der Waals surface area contributed by atoms with Crippen LogP contribution < -0.4 is 16.0 Å². The maximum Gasteiger partial charge on any atom is 0.253 e. The highest BCUT2D eigenvalue weighted by Crippen LogP contribution is 2.20. The summed E-state index contributed by atoms with van der Waals surface area (Å²) in [5, 5.41) is 8.60. The van der Waals surface area contributed by atoms with Gasteiger partial charge < -0.3 is 16.0 Å².